The maximum atomic E-state index is 13.1. The molecule has 1 saturated heterocycles. The first-order valence-corrected chi connectivity index (χ1v) is 9.49. The van der Waals surface area contributed by atoms with Crippen LogP contribution in [0.1, 0.15) is 16.8 Å². The summed E-state index contributed by atoms with van der Waals surface area (Å²) in [5.74, 6) is -0.395. The molecule has 9 heteroatoms. The second kappa shape index (κ2) is 6.80. The highest BCUT2D eigenvalue weighted by Crippen LogP contribution is 2.32. The van der Waals surface area contributed by atoms with Crippen molar-refractivity contribution >= 4 is 34.6 Å². The summed E-state index contributed by atoms with van der Waals surface area (Å²) in [7, 11) is 0. The zero-order valence-corrected chi connectivity index (χ0v) is 15.8. The molecule has 0 radical (unpaired) electrons. The number of carbonyl (C=O) groups excluding carboxylic acids is 2. The predicted molar refractivity (Wildman–Crippen MR) is 109 cm³/mol. The molecule has 0 saturated carbocycles. The summed E-state index contributed by atoms with van der Waals surface area (Å²) in [6, 6.07) is 13.1. The number of carbonyl (C=O) groups is 2. The van der Waals surface area contributed by atoms with E-state index in [1.165, 1.54) is 23.4 Å². The Kier molecular flexibility index (Phi) is 4.09. The van der Waals surface area contributed by atoms with E-state index < -0.39 is 11.0 Å². The zero-order chi connectivity index (χ0) is 20.8. The van der Waals surface area contributed by atoms with Gasteiger partial charge in [-0.25, -0.2) is 5.01 Å². The van der Waals surface area contributed by atoms with Crippen molar-refractivity contribution in [3.05, 3.63) is 75.5 Å². The first-order valence-electron chi connectivity index (χ1n) is 9.49. The average molecular weight is 403 g/mol. The maximum absolute atomic E-state index is 13.1. The van der Waals surface area contributed by atoms with E-state index in [0.717, 1.165) is 22.2 Å². The van der Waals surface area contributed by atoms with Crippen LogP contribution in [0.4, 0.5) is 5.69 Å². The second-order valence-electron chi connectivity index (χ2n) is 7.36. The third-order valence-corrected chi connectivity index (χ3v) is 5.60. The zero-order valence-electron chi connectivity index (χ0n) is 15.8. The molecule has 1 aromatic heterocycles. The summed E-state index contributed by atoms with van der Waals surface area (Å²) in [6.07, 6.45) is 1.87. The molecule has 150 valence electrons. The number of nitro benzene ring substituents is 1. The highest BCUT2D eigenvalue weighted by atomic mass is 16.6. The van der Waals surface area contributed by atoms with Gasteiger partial charge in [0.2, 0.25) is 5.91 Å². The number of piperazine rings is 1. The number of nitro groups is 1. The van der Waals surface area contributed by atoms with Crippen molar-refractivity contribution in [3.63, 3.8) is 0 Å². The number of nitrogens with zero attached hydrogens (tertiary/aromatic N) is 4. The van der Waals surface area contributed by atoms with E-state index in [9.17, 15) is 19.7 Å². The van der Waals surface area contributed by atoms with Gasteiger partial charge >= 0.3 is 0 Å². The van der Waals surface area contributed by atoms with Crippen molar-refractivity contribution in [2.24, 2.45) is 5.10 Å². The number of rotatable bonds is 3. The van der Waals surface area contributed by atoms with Gasteiger partial charge < -0.3 is 9.88 Å². The fraction of sp³-hybridized carbons (Fsp3) is 0.190. The molecule has 0 aliphatic carbocycles. The Morgan fingerprint density at radius 2 is 1.87 bits per heavy atom. The van der Waals surface area contributed by atoms with Gasteiger partial charge in [0, 0.05) is 35.2 Å². The topological polar surface area (TPSA) is 112 Å². The number of hydrazone groups is 1. The van der Waals surface area contributed by atoms with Crippen LogP contribution >= 0.6 is 0 Å². The molecule has 3 heterocycles. The average Bonchev–Trinajstić information content (AvgIpc) is 3.12. The third-order valence-electron chi connectivity index (χ3n) is 5.60. The Morgan fingerprint density at radius 1 is 1.10 bits per heavy atom. The van der Waals surface area contributed by atoms with E-state index in [1.807, 2.05) is 24.3 Å². The number of non-ortho nitro benzene ring substituents is 1. The number of H-pyrrole nitrogens is 1. The van der Waals surface area contributed by atoms with Gasteiger partial charge in [-0.05, 0) is 29.3 Å². The lowest BCUT2D eigenvalue weighted by molar-refractivity contribution is -0.384. The highest BCUT2D eigenvalue weighted by molar-refractivity contribution is 5.97. The molecule has 1 N–H and O–H groups in total. The van der Waals surface area contributed by atoms with E-state index in [-0.39, 0.29) is 24.0 Å². The number of hydrogen-bond acceptors (Lipinski definition) is 5. The summed E-state index contributed by atoms with van der Waals surface area (Å²) in [5.41, 5.74) is 3.61. The molecule has 1 fully saturated rings. The lowest BCUT2D eigenvalue weighted by Gasteiger charge is -2.40. The van der Waals surface area contributed by atoms with Gasteiger partial charge in [-0.15, -0.1) is 0 Å². The van der Waals surface area contributed by atoms with E-state index in [0.29, 0.717) is 18.5 Å². The fourth-order valence-corrected chi connectivity index (χ4v) is 4.08. The highest BCUT2D eigenvalue weighted by Gasteiger charge is 2.43. The first-order chi connectivity index (χ1) is 14.5. The van der Waals surface area contributed by atoms with Crippen LogP contribution in [0.2, 0.25) is 0 Å². The van der Waals surface area contributed by atoms with Gasteiger partial charge in [0.25, 0.3) is 11.6 Å². The monoisotopic (exact) mass is 403 g/mol. The number of para-hydroxylation sites is 1. The first kappa shape index (κ1) is 18.0. The van der Waals surface area contributed by atoms with Gasteiger partial charge in [0.05, 0.1) is 17.7 Å². The molecule has 2 aliphatic rings. The third kappa shape index (κ3) is 2.91. The summed E-state index contributed by atoms with van der Waals surface area (Å²) in [5, 5.41) is 17.2. The smallest absolute Gasteiger partial charge is 0.269 e. The van der Waals surface area contributed by atoms with Gasteiger partial charge in [0.15, 0.2) is 0 Å². The Morgan fingerprint density at radius 3 is 2.63 bits per heavy atom. The summed E-state index contributed by atoms with van der Waals surface area (Å²) in [6.45, 7) is 0.244. The van der Waals surface area contributed by atoms with Crippen LogP contribution < -0.4 is 0 Å². The number of aromatic amines is 1. The van der Waals surface area contributed by atoms with Gasteiger partial charge in [-0.3, -0.25) is 19.7 Å². The van der Waals surface area contributed by atoms with Gasteiger partial charge in [-0.1, -0.05) is 18.2 Å². The molecular weight excluding hydrogens is 386 g/mol. The van der Waals surface area contributed by atoms with Crippen molar-refractivity contribution in [1.82, 2.24) is 14.9 Å². The molecule has 0 spiro atoms. The van der Waals surface area contributed by atoms with E-state index in [4.69, 9.17) is 0 Å². The maximum Gasteiger partial charge on any atom is 0.269 e. The van der Waals surface area contributed by atoms with Crippen molar-refractivity contribution in [3.8, 4) is 0 Å². The van der Waals surface area contributed by atoms with Crippen LogP contribution in [-0.4, -0.2) is 50.4 Å². The van der Waals surface area contributed by atoms with Crippen LogP contribution in [0.3, 0.4) is 0 Å². The van der Waals surface area contributed by atoms with E-state index >= 15 is 0 Å². The quantitative estimate of drug-likeness (QED) is 0.410. The number of aromatic nitrogens is 1. The van der Waals surface area contributed by atoms with E-state index in [2.05, 4.69) is 10.1 Å². The van der Waals surface area contributed by atoms with Crippen LogP contribution in [-0.2, 0) is 22.6 Å². The van der Waals surface area contributed by atoms with Crippen molar-refractivity contribution in [1.29, 1.82) is 0 Å². The minimum Gasteiger partial charge on any atom is -0.357 e. The normalized spacial score (nSPS) is 18.7. The van der Waals surface area contributed by atoms with Crippen LogP contribution in [0.15, 0.2) is 53.6 Å². The van der Waals surface area contributed by atoms with Crippen LogP contribution in [0.5, 0.6) is 0 Å². The van der Waals surface area contributed by atoms with Gasteiger partial charge in [0.1, 0.15) is 12.6 Å². The Hall–Kier alpha value is -4.01. The Bertz CT molecular complexity index is 1210. The molecule has 0 bridgehead atoms. The van der Waals surface area contributed by atoms with Crippen molar-refractivity contribution in [2.75, 3.05) is 6.54 Å². The number of fused-ring (bicyclic) bond motifs is 4. The number of benzene rings is 2. The molecule has 1 atom stereocenters. The van der Waals surface area contributed by atoms with Gasteiger partial charge in [-0.2, -0.15) is 5.10 Å². The molecular formula is C21H17N5O4. The molecule has 5 rings (SSSR count). The minimum absolute atomic E-state index is 0.0243. The van der Waals surface area contributed by atoms with Crippen LogP contribution in [0.25, 0.3) is 10.9 Å². The van der Waals surface area contributed by atoms with E-state index in [1.54, 1.807) is 17.0 Å². The van der Waals surface area contributed by atoms with Crippen LogP contribution in [0, 0.1) is 10.1 Å². The Balaban J connectivity index is 1.40. The number of amides is 2. The summed E-state index contributed by atoms with van der Waals surface area (Å²) >= 11 is 0. The molecule has 2 aromatic carbocycles. The second-order valence-corrected chi connectivity index (χ2v) is 7.36. The Labute approximate surface area is 170 Å². The number of nitrogens with one attached hydrogen (secondary N) is 1. The molecule has 3 aromatic rings. The minimum atomic E-state index is -0.591. The fourth-order valence-electron chi connectivity index (χ4n) is 4.08. The predicted octanol–water partition coefficient (Wildman–Crippen LogP) is 2.21. The molecule has 2 aliphatic heterocycles. The van der Waals surface area contributed by atoms with Crippen molar-refractivity contribution < 1.29 is 14.5 Å². The molecule has 2 amide bonds. The molecule has 0 unspecified atom stereocenters. The van der Waals surface area contributed by atoms with Crippen molar-refractivity contribution in [2.45, 2.75) is 19.0 Å². The largest absolute Gasteiger partial charge is 0.357 e. The lowest BCUT2D eigenvalue weighted by atomic mass is 9.94. The summed E-state index contributed by atoms with van der Waals surface area (Å²) in [4.78, 5) is 41.0. The molecule has 9 nitrogen and oxygen atoms in total. The SMILES string of the molecule is O=C1[C@@H]2Cc3c([nH]c4ccccc34)CN2C(=O)CN1/N=C/c1ccc([N+](=O)[O-])cc1. The number of hydrogen-bond donors (Lipinski definition) is 1. The summed E-state index contributed by atoms with van der Waals surface area (Å²) < 4.78 is 0. The lowest BCUT2D eigenvalue weighted by Crippen LogP contribution is -2.60. The standard InChI is InChI=1S/C21H17N5O4/c27-20-12-25(22-10-13-5-7-14(8-6-13)26(29)30)21(28)19-9-16-15-3-1-2-4-17(15)23-18(16)11-24(19)20/h1-8,10,19,23H,9,11-12H2/b22-10+/t19-/m0/s1. The molecule has 30 heavy (non-hydrogen) atoms.